The average Bonchev–Trinajstić information content (AvgIpc) is 2.81. The normalized spacial score (nSPS) is 10.9. The van der Waals surface area contributed by atoms with Gasteiger partial charge in [0.2, 0.25) is 0 Å². The minimum atomic E-state index is -1.06. The first-order valence-electron chi connectivity index (χ1n) is 6.99. The smallest absolute Gasteiger partial charge is 0.346 e. The van der Waals surface area contributed by atoms with Crippen LogP contribution in [0.3, 0.4) is 0 Å². The molecule has 0 saturated carbocycles. The van der Waals surface area contributed by atoms with E-state index >= 15 is 0 Å². The van der Waals surface area contributed by atoms with E-state index in [0.29, 0.717) is 46.1 Å². The number of hydrogen-bond acceptors (Lipinski definition) is 7. The second kappa shape index (κ2) is 7.60. The van der Waals surface area contributed by atoms with Crippen molar-refractivity contribution < 1.29 is 19.4 Å². The highest BCUT2D eigenvalue weighted by atomic mass is 32.2. The zero-order valence-corrected chi connectivity index (χ0v) is 14.3. The molecule has 0 spiro atoms. The maximum atomic E-state index is 12.1. The van der Waals surface area contributed by atoms with Gasteiger partial charge in [0.05, 0.1) is 12.0 Å². The lowest BCUT2D eigenvalue weighted by atomic mass is 10.2. The third kappa shape index (κ3) is 4.11. The first-order valence-corrected chi connectivity index (χ1v) is 8.79. The van der Waals surface area contributed by atoms with Gasteiger partial charge in [0.25, 0.3) is 5.56 Å². The largest absolute Gasteiger partial charge is 0.477 e. The van der Waals surface area contributed by atoms with Gasteiger partial charge in [-0.25, -0.2) is 9.78 Å². The molecule has 0 aliphatic rings. The van der Waals surface area contributed by atoms with Crippen LogP contribution in [-0.2, 0) is 9.53 Å². The molecule has 23 heavy (non-hydrogen) atoms. The molecule has 2 aromatic heterocycles. The summed E-state index contributed by atoms with van der Waals surface area (Å²) in [6.45, 7) is 3.72. The Morgan fingerprint density at radius 3 is 2.83 bits per heavy atom. The number of aromatic amines is 1. The maximum absolute atomic E-state index is 12.1. The average molecular weight is 356 g/mol. The van der Waals surface area contributed by atoms with Crippen molar-refractivity contribution in [2.75, 3.05) is 12.4 Å². The fourth-order valence-corrected chi connectivity index (χ4v) is 3.90. The van der Waals surface area contributed by atoms with E-state index in [9.17, 15) is 14.4 Å². The Hall–Kier alpha value is -1.87. The van der Waals surface area contributed by atoms with Gasteiger partial charge in [-0.3, -0.25) is 9.59 Å². The van der Waals surface area contributed by atoms with Crippen molar-refractivity contribution in [2.45, 2.75) is 31.8 Å². The highest BCUT2D eigenvalue weighted by Crippen LogP contribution is 2.28. The highest BCUT2D eigenvalue weighted by molar-refractivity contribution is 7.99. The van der Waals surface area contributed by atoms with Crippen LogP contribution in [-0.4, -0.2) is 39.4 Å². The first-order chi connectivity index (χ1) is 10.9. The fourth-order valence-electron chi connectivity index (χ4n) is 2.02. The van der Waals surface area contributed by atoms with Crippen molar-refractivity contribution in [2.24, 2.45) is 0 Å². The topological polar surface area (TPSA) is 109 Å². The zero-order chi connectivity index (χ0) is 17.0. The molecule has 0 aliphatic carbocycles. The number of ether oxygens (including phenoxy) is 1. The van der Waals surface area contributed by atoms with Crippen LogP contribution >= 0.6 is 23.1 Å². The van der Waals surface area contributed by atoms with Gasteiger partial charge in [-0.05, 0) is 25.8 Å². The van der Waals surface area contributed by atoms with E-state index in [4.69, 9.17) is 9.84 Å². The molecule has 0 saturated heterocycles. The number of aromatic nitrogens is 2. The molecule has 2 N–H and O–H groups in total. The summed E-state index contributed by atoms with van der Waals surface area (Å²) >= 11 is 2.31. The summed E-state index contributed by atoms with van der Waals surface area (Å²) in [5.74, 6) is -0.706. The lowest BCUT2D eigenvalue weighted by Crippen LogP contribution is -2.09. The van der Waals surface area contributed by atoms with Crippen LogP contribution in [0.5, 0.6) is 0 Å². The van der Waals surface area contributed by atoms with Gasteiger partial charge in [0.1, 0.15) is 9.71 Å². The second-order valence-electron chi connectivity index (χ2n) is 4.67. The third-order valence-electron chi connectivity index (χ3n) is 3.04. The number of aryl methyl sites for hydroxylation is 1. The maximum Gasteiger partial charge on any atom is 0.346 e. The van der Waals surface area contributed by atoms with Crippen molar-refractivity contribution in [1.82, 2.24) is 9.97 Å². The van der Waals surface area contributed by atoms with Crippen molar-refractivity contribution in [3.05, 3.63) is 20.8 Å². The van der Waals surface area contributed by atoms with Gasteiger partial charge >= 0.3 is 11.9 Å². The van der Waals surface area contributed by atoms with Crippen molar-refractivity contribution in [1.29, 1.82) is 0 Å². The van der Waals surface area contributed by atoms with E-state index in [1.807, 2.05) is 0 Å². The molecule has 2 rings (SSSR count). The van der Waals surface area contributed by atoms with Crippen LogP contribution in [0.4, 0.5) is 0 Å². The van der Waals surface area contributed by atoms with Crippen LogP contribution in [0, 0.1) is 6.92 Å². The molecule has 0 amide bonds. The van der Waals surface area contributed by atoms with E-state index in [0.717, 1.165) is 11.3 Å². The minimum Gasteiger partial charge on any atom is -0.477 e. The number of carboxylic acid groups (broad SMARTS) is 1. The Morgan fingerprint density at radius 2 is 2.17 bits per heavy atom. The number of carboxylic acids is 1. The number of nitrogens with one attached hydrogen (secondary N) is 1. The van der Waals surface area contributed by atoms with Crippen LogP contribution in [0.1, 0.15) is 35.0 Å². The van der Waals surface area contributed by atoms with Gasteiger partial charge in [0.15, 0.2) is 5.16 Å². The molecule has 0 radical (unpaired) electrons. The number of thioether (sulfide) groups is 1. The Labute approximate surface area is 140 Å². The number of nitrogens with zero attached hydrogens (tertiary/aromatic N) is 1. The van der Waals surface area contributed by atoms with Gasteiger partial charge < -0.3 is 14.8 Å². The van der Waals surface area contributed by atoms with E-state index in [2.05, 4.69) is 9.97 Å². The highest BCUT2D eigenvalue weighted by Gasteiger charge is 2.18. The molecular weight excluding hydrogens is 340 g/mol. The molecule has 2 heterocycles. The standard InChI is InChI=1S/C14H16N2O5S2/c1-3-21-8(17)5-4-6-22-14-15-11(18)9-7(2)10(13(19)20)23-12(9)16-14/h3-6H2,1-2H3,(H,19,20)(H,15,16,18). The summed E-state index contributed by atoms with van der Waals surface area (Å²) in [5, 5.41) is 9.86. The minimum absolute atomic E-state index is 0.127. The molecule has 0 unspecified atom stereocenters. The Morgan fingerprint density at radius 1 is 1.43 bits per heavy atom. The number of hydrogen-bond donors (Lipinski definition) is 2. The summed E-state index contributed by atoms with van der Waals surface area (Å²) < 4.78 is 4.83. The van der Waals surface area contributed by atoms with Gasteiger partial charge in [-0.15, -0.1) is 11.3 Å². The van der Waals surface area contributed by atoms with E-state index in [1.54, 1.807) is 13.8 Å². The third-order valence-corrected chi connectivity index (χ3v) is 5.18. The summed E-state index contributed by atoms with van der Waals surface area (Å²) in [6, 6.07) is 0. The van der Waals surface area contributed by atoms with Crippen LogP contribution in [0.25, 0.3) is 10.2 Å². The molecular formula is C14H16N2O5S2. The SMILES string of the molecule is CCOC(=O)CCCSc1nc2sc(C(=O)O)c(C)c2c(=O)[nH]1. The predicted octanol–water partition coefficient (Wildman–Crippen LogP) is 2.43. The summed E-state index contributed by atoms with van der Waals surface area (Å²) in [6.07, 6.45) is 0.920. The van der Waals surface area contributed by atoms with Crippen molar-refractivity contribution in [3.63, 3.8) is 0 Å². The van der Waals surface area contributed by atoms with Gasteiger partial charge in [-0.1, -0.05) is 11.8 Å². The summed E-state index contributed by atoms with van der Waals surface area (Å²) in [7, 11) is 0. The number of aromatic carboxylic acids is 1. The predicted molar refractivity (Wildman–Crippen MR) is 88.5 cm³/mol. The molecule has 0 aliphatic heterocycles. The number of thiophene rings is 1. The number of esters is 1. The molecule has 124 valence electrons. The number of carbonyl (C=O) groups is 2. The molecule has 9 heteroatoms. The second-order valence-corrected chi connectivity index (χ2v) is 6.75. The number of carbonyl (C=O) groups excluding carboxylic acids is 1. The zero-order valence-electron chi connectivity index (χ0n) is 12.7. The van der Waals surface area contributed by atoms with E-state index in [-0.39, 0.29) is 16.4 Å². The fraction of sp³-hybridized carbons (Fsp3) is 0.429. The monoisotopic (exact) mass is 356 g/mol. The van der Waals surface area contributed by atoms with E-state index in [1.165, 1.54) is 11.8 Å². The van der Waals surface area contributed by atoms with Crippen LogP contribution in [0.15, 0.2) is 9.95 Å². The molecule has 2 aromatic rings. The quantitative estimate of drug-likeness (QED) is 0.339. The molecule has 7 nitrogen and oxygen atoms in total. The summed E-state index contributed by atoms with van der Waals surface area (Å²) in [5.41, 5.74) is 0.0919. The van der Waals surface area contributed by atoms with Gasteiger partial charge in [-0.2, -0.15) is 0 Å². The van der Waals surface area contributed by atoms with Crippen molar-refractivity contribution in [3.8, 4) is 0 Å². The lowest BCUT2D eigenvalue weighted by molar-refractivity contribution is -0.143. The Kier molecular flexibility index (Phi) is 5.78. The number of H-pyrrole nitrogens is 1. The van der Waals surface area contributed by atoms with E-state index < -0.39 is 5.97 Å². The van der Waals surface area contributed by atoms with Crippen molar-refractivity contribution >= 4 is 45.3 Å². The Bertz CT molecular complexity index is 796. The molecule has 0 fully saturated rings. The van der Waals surface area contributed by atoms with Crippen LogP contribution < -0.4 is 5.56 Å². The summed E-state index contributed by atoms with van der Waals surface area (Å²) in [4.78, 5) is 42.0. The lowest BCUT2D eigenvalue weighted by Gasteiger charge is -2.02. The van der Waals surface area contributed by atoms with Gasteiger partial charge in [0, 0.05) is 12.2 Å². The number of rotatable bonds is 7. The van der Waals surface area contributed by atoms with Crippen LogP contribution in [0.2, 0.25) is 0 Å². The number of fused-ring (bicyclic) bond motifs is 1. The molecule has 0 aromatic carbocycles. The molecule has 0 bridgehead atoms. The Balaban J connectivity index is 2.10. The first kappa shape index (κ1) is 17.5. The molecule has 0 atom stereocenters.